The number of aryl methyl sites for hydroxylation is 2. The van der Waals surface area contributed by atoms with Crippen LogP contribution in [0.1, 0.15) is 50.7 Å². The molecule has 0 atom stereocenters. The maximum Gasteiger partial charge on any atom is 0.311 e. The standard InChI is InChI=1S/C22H26O6/c1-3-21(25)27-19-13-15(9-11-17(19)23)7-5-6-8-16-10-12-18(24)20(14-16)28-22(26)4-2/h9-14,23-24H,3-8H2,1-2H3. The molecule has 0 heterocycles. The molecule has 2 aromatic rings. The number of carbonyl (C=O) groups excluding carboxylic acids is 2. The van der Waals surface area contributed by atoms with Gasteiger partial charge in [0.1, 0.15) is 0 Å². The molecule has 0 saturated heterocycles. The fourth-order valence-electron chi connectivity index (χ4n) is 2.64. The molecule has 0 aliphatic rings. The van der Waals surface area contributed by atoms with Crippen LogP contribution in [0.2, 0.25) is 0 Å². The van der Waals surface area contributed by atoms with Crippen molar-refractivity contribution in [2.45, 2.75) is 52.4 Å². The number of aromatic hydroxyl groups is 2. The lowest BCUT2D eigenvalue weighted by Gasteiger charge is -2.09. The highest BCUT2D eigenvalue weighted by atomic mass is 16.5. The van der Waals surface area contributed by atoms with Gasteiger partial charge >= 0.3 is 11.9 Å². The van der Waals surface area contributed by atoms with Crippen LogP contribution in [-0.2, 0) is 22.4 Å². The molecule has 0 aliphatic heterocycles. The maximum absolute atomic E-state index is 11.4. The quantitative estimate of drug-likeness (QED) is 0.379. The Hall–Kier alpha value is -3.02. The van der Waals surface area contributed by atoms with Crippen LogP contribution in [0.25, 0.3) is 0 Å². The molecule has 0 spiro atoms. The van der Waals surface area contributed by atoms with E-state index in [0.29, 0.717) is 0 Å². The van der Waals surface area contributed by atoms with Gasteiger partial charge < -0.3 is 19.7 Å². The fourth-order valence-corrected chi connectivity index (χ4v) is 2.64. The predicted octanol–water partition coefficient (Wildman–Crippen LogP) is 4.29. The van der Waals surface area contributed by atoms with Gasteiger partial charge in [-0.05, 0) is 61.1 Å². The van der Waals surface area contributed by atoms with Crippen LogP contribution < -0.4 is 9.47 Å². The van der Waals surface area contributed by atoms with Crippen molar-refractivity contribution in [1.82, 2.24) is 0 Å². The Morgan fingerprint density at radius 1 is 0.750 bits per heavy atom. The third-order valence-electron chi connectivity index (χ3n) is 4.25. The maximum atomic E-state index is 11.4. The van der Waals surface area contributed by atoms with Crippen LogP contribution in [0.3, 0.4) is 0 Å². The van der Waals surface area contributed by atoms with Crippen LogP contribution in [-0.4, -0.2) is 22.2 Å². The van der Waals surface area contributed by atoms with E-state index in [4.69, 9.17) is 9.47 Å². The molecule has 0 fully saturated rings. The molecule has 0 aromatic heterocycles. The van der Waals surface area contributed by atoms with E-state index in [-0.39, 0.29) is 47.8 Å². The van der Waals surface area contributed by atoms with Crippen LogP contribution in [0.5, 0.6) is 23.0 Å². The van der Waals surface area contributed by atoms with Crippen molar-refractivity contribution < 1.29 is 29.3 Å². The smallest absolute Gasteiger partial charge is 0.311 e. The number of phenolic OH excluding ortho intramolecular Hbond substituents is 2. The van der Waals surface area contributed by atoms with Crippen LogP contribution >= 0.6 is 0 Å². The first-order valence-electron chi connectivity index (χ1n) is 9.48. The number of carbonyl (C=O) groups is 2. The lowest BCUT2D eigenvalue weighted by molar-refractivity contribution is -0.135. The number of hydrogen-bond acceptors (Lipinski definition) is 6. The van der Waals surface area contributed by atoms with Crippen molar-refractivity contribution in [3.8, 4) is 23.0 Å². The second kappa shape index (κ2) is 10.3. The molecule has 28 heavy (non-hydrogen) atoms. The first-order valence-corrected chi connectivity index (χ1v) is 9.48. The molecule has 6 nitrogen and oxygen atoms in total. The van der Waals surface area contributed by atoms with Gasteiger partial charge in [-0.15, -0.1) is 0 Å². The van der Waals surface area contributed by atoms with Crippen molar-refractivity contribution in [2.24, 2.45) is 0 Å². The summed E-state index contributed by atoms with van der Waals surface area (Å²) >= 11 is 0. The average molecular weight is 386 g/mol. The van der Waals surface area contributed by atoms with Crippen LogP contribution in [0.15, 0.2) is 36.4 Å². The van der Waals surface area contributed by atoms with Gasteiger partial charge in [0, 0.05) is 12.8 Å². The highest BCUT2D eigenvalue weighted by Gasteiger charge is 2.10. The van der Waals surface area contributed by atoms with E-state index in [1.807, 2.05) is 12.1 Å². The summed E-state index contributed by atoms with van der Waals surface area (Å²) in [6, 6.07) is 10.0. The molecule has 0 saturated carbocycles. The zero-order valence-corrected chi connectivity index (χ0v) is 16.2. The first-order chi connectivity index (χ1) is 13.4. The van der Waals surface area contributed by atoms with Gasteiger partial charge in [0.25, 0.3) is 0 Å². The molecule has 2 rings (SSSR count). The van der Waals surface area contributed by atoms with Gasteiger partial charge in [-0.25, -0.2) is 0 Å². The molecule has 0 radical (unpaired) electrons. The van der Waals surface area contributed by atoms with Crippen molar-refractivity contribution in [3.05, 3.63) is 47.5 Å². The number of hydrogen-bond donors (Lipinski definition) is 2. The largest absolute Gasteiger partial charge is 0.504 e. The van der Waals surface area contributed by atoms with Crippen molar-refractivity contribution >= 4 is 11.9 Å². The number of unbranched alkanes of at least 4 members (excludes halogenated alkanes) is 1. The predicted molar refractivity (Wildman–Crippen MR) is 105 cm³/mol. The molecule has 0 unspecified atom stereocenters. The molecule has 2 aromatic carbocycles. The summed E-state index contributed by atoms with van der Waals surface area (Å²) in [5.41, 5.74) is 1.94. The minimum Gasteiger partial charge on any atom is -0.504 e. The van der Waals surface area contributed by atoms with E-state index >= 15 is 0 Å². The topological polar surface area (TPSA) is 93.1 Å². The summed E-state index contributed by atoms with van der Waals surface area (Å²) in [7, 11) is 0. The number of phenols is 2. The Morgan fingerprint density at radius 2 is 1.14 bits per heavy atom. The van der Waals surface area contributed by atoms with E-state index in [1.165, 1.54) is 12.1 Å². The van der Waals surface area contributed by atoms with Crippen molar-refractivity contribution in [2.75, 3.05) is 0 Å². The summed E-state index contributed by atoms with van der Waals surface area (Å²) in [5, 5.41) is 19.6. The molecule has 2 N–H and O–H groups in total. The Labute approximate surface area is 164 Å². The molecular formula is C22H26O6. The highest BCUT2D eigenvalue weighted by molar-refractivity contribution is 5.73. The SMILES string of the molecule is CCC(=O)Oc1cc(CCCCc2ccc(O)c(OC(=O)CC)c2)ccc1O. The zero-order valence-electron chi connectivity index (χ0n) is 16.2. The Morgan fingerprint density at radius 3 is 1.50 bits per heavy atom. The minimum absolute atomic E-state index is 0.0520. The minimum atomic E-state index is -0.389. The van der Waals surface area contributed by atoms with E-state index in [1.54, 1.807) is 26.0 Å². The van der Waals surface area contributed by atoms with E-state index < -0.39 is 0 Å². The summed E-state index contributed by atoms with van der Waals surface area (Å²) in [6.07, 6.45) is 3.80. The molecule has 150 valence electrons. The monoisotopic (exact) mass is 386 g/mol. The Balaban J connectivity index is 1.89. The average Bonchev–Trinajstić information content (AvgIpc) is 2.69. The van der Waals surface area contributed by atoms with Crippen LogP contribution in [0, 0.1) is 0 Å². The summed E-state index contributed by atoms with van der Waals surface area (Å²) in [5.74, 6) is -0.512. The Bertz CT molecular complexity index is 758. The number of rotatable bonds is 9. The van der Waals surface area contributed by atoms with Crippen molar-refractivity contribution in [1.29, 1.82) is 0 Å². The van der Waals surface area contributed by atoms with E-state index in [2.05, 4.69) is 0 Å². The fraction of sp³-hybridized carbons (Fsp3) is 0.364. The number of ether oxygens (including phenoxy) is 2. The summed E-state index contributed by atoms with van der Waals surface area (Å²) in [6.45, 7) is 3.39. The van der Waals surface area contributed by atoms with Gasteiger partial charge in [-0.3, -0.25) is 9.59 Å². The van der Waals surface area contributed by atoms with E-state index in [0.717, 1.165) is 36.8 Å². The van der Waals surface area contributed by atoms with E-state index in [9.17, 15) is 19.8 Å². The lowest BCUT2D eigenvalue weighted by Crippen LogP contribution is -2.06. The first kappa shape index (κ1) is 21.3. The highest BCUT2D eigenvalue weighted by Crippen LogP contribution is 2.29. The van der Waals surface area contributed by atoms with Gasteiger partial charge in [0.2, 0.25) is 0 Å². The molecule has 0 bridgehead atoms. The lowest BCUT2D eigenvalue weighted by atomic mass is 10.0. The number of esters is 2. The van der Waals surface area contributed by atoms with Gasteiger partial charge in [0.15, 0.2) is 23.0 Å². The van der Waals surface area contributed by atoms with Gasteiger partial charge in [-0.2, -0.15) is 0 Å². The third-order valence-corrected chi connectivity index (χ3v) is 4.25. The van der Waals surface area contributed by atoms with Crippen molar-refractivity contribution in [3.63, 3.8) is 0 Å². The molecular weight excluding hydrogens is 360 g/mol. The van der Waals surface area contributed by atoms with Crippen LogP contribution in [0.4, 0.5) is 0 Å². The second-order valence-corrected chi connectivity index (χ2v) is 6.47. The molecule has 0 amide bonds. The molecule has 6 heteroatoms. The summed E-state index contributed by atoms with van der Waals surface area (Å²) in [4.78, 5) is 22.8. The third kappa shape index (κ3) is 6.30. The second-order valence-electron chi connectivity index (χ2n) is 6.47. The number of benzene rings is 2. The zero-order chi connectivity index (χ0) is 20.5. The molecule has 0 aliphatic carbocycles. The normalized spacial score (nSPS) is 10.5. The summed E-state index contributed by atoms with van der Waals surface area (Å²) < 4.78 is 10.2. The van der Waals surface area contributed by atoms with Gasteiger partial charge in [-0.1, -0.05) is 26.0 Å². The Kier molecular flexibility index (Phi) is 7.87. The van der Waals surface area contributed by atoms with Gasteiger partial charge in [0.05, 0.1) is 0 Å².